The molecule has 0 atom stereocenters. The van der Waals surface area contributed by atoms with E-state index in [0.29, 0.717) is 13.2 Å². The lowest BCUT2D eigenvalue weighted by Gasteiger charge is -2.15. The third-order valence-electron chi connectivity index (χ3n) is 4.56. The van der Waals surface area contributed by atoms with Crippen LogP contribution in [-0.2, 0) is 24.1 Å². The van der Waals surface area contributed by atoms with Crippen molar-refractivity contribution in [1.29, 1.82) is 0 Å². The Kier molecular flexibility index (Phi) is 9.99. The van der Waals surface area contributed by atoms with Crippen LogP contribution in [0.1, 0.15) is 30.3 Å². The van der Waals surface area contributed by atoms with Crippen LogP contribution in [0.2, 0.25) is 0 Å². The van der Waals surface area contributed by atoms with Gasteiger partial charge in [0.2, 0.25) is 0 Å². The van der Waals surface area contributed by atoms with E-state index >= 15 is 0 Å². The van der Waals surface area contributed by atoms with Crippen molar-refractivity contribution >= 4 is 5.96 Å². The van der Waals surface area contributed by atoms with Gasteiger partial charge in [-0.15, -0.1) is 10.2 Å². The standard InChI is InChI=1S/C21H34N6O2/c1-5-20-26-25-16-27(20)13-12-24-21(22-10-6-14-28-3)23-11-9-18-15-17(2)7-8-19(18)29-4/h7-8,15-16H,5-6,9-14H2,1-4H3,(H2,22,23,24). The molecular weight excluding hydrogens is 368 g/mol. The lowest BCUT2D eigenvalue weighted by atomic mass is 10.1. The molecule has 29 heavy (non-hydrogen) atoms. The zero-order chi connectivity index (χ0) is 20.9. The Balaban J connectivity index is 1.89. The zero-order valence-corrected chi connectivity index (χ0v) is 18.1. The minimum absolute atomic E-state index is 0.706. The summed E-state index contributed by atoms with van der Waals surface area (Å²) in [5, 5.41) is 14.9. The summed E-state index contributed by atoms with van der Waals surface area (Å²) in [6.45, 7) is 7.90. The maximum Gasteiger partial charge on any atom is 0.191 e. The maximum atomic E-state index is 5.48. The van der Waals surface area contributed by atoms with Crippen LogP contribution in [0.25, 0.3) is 0 Å². The molecule has 8 heteroatoms. The summed E-state index contributed by atoms with van der Waals surface area (Å²) >= 11 is 0. The van der Waals surface area contributed by atoms with Crippen LogP contribution < -0.4 is 15.4 Å². The van der Waals surface area contributed by atoms with Crippen LogP contribution in [0, 0.1) is 6.92 Å². The Labute approximate surface area is 173 Å². The van der Waals surface area contributed by atoms with E-state index in [2.05, 4.69) is 56.4 Å². The average molecular weight is 403 g/mol. The van der Waals surface area contributed by atoms with Crippen LogP contribution in [0.3, 0.4) is 0 Å². The molecule has 2 N–H and O–H groups in total. The van der Waals surface area contributed by atoms with Crippen molar-refractivity contribution in [3.63, 3.8) is 0 Å². The predicted octanol–water partition coefficient (Wildman–Crippen LogP) is 1.97. The number of nitrogens with one attached hydrogen (secondary N) is 2. The minimum Gasteiger partial charge on any atom is -0.496 e. The van der Waals surface area contributed by atoms with Crippen LogP contribution >= 0.6 is 0 Å². The Morgan fingerprint density at radius 3 is 2.79 bits per heavy atom. The third kappa shape index (κ3) is 7.73. The fourth-order valence-electron chi connectivity index (χ4n) is 3.03. The first-order valence-electron chi connectivity index (χ1n) is 10.2. The van der Waals surface area contributed by atoms with Crippen molar-refractivity contribution in [2.75, 3.05) is 40.5 Å². The van der Waals surface area contributed by atoms with E-state index < -0.39 is 0 Å². The average Bonchev–Trinajstić information content (AvgIpc) is 3.18. The van der Waals surface area contributed by atoms with Crippen molar-refractivity contribution in [3.8, 4) is 5.75 Å². The minimum atomic E-state index is 0.706. The van der Waals surface area contributed by atoms with Gasteiger partial charge in [0.05, 0.1) is 7.11 Å². The van der Waals surface area contributed by atoms with Crippen molar-refractivity contribution < 1.29 is 9.47 Å². The third-order valence-corrected chi connectivity index (χ3v) is 4.56. The molecular formula is C21H34N6O2. The number of guanidine groups is 1. The first-order chi connectivity index (χ1) is 14.2. The number of aromatic nitrogens is 3. The smallest absolute Gasteiger partial charge is 0.191 e. The molecule has 0 saturated carbocycles. The van der Waals surface area contributed by atoms with E-state index in [4.69, 9.17) is 9.47 Å². The summed E-state index contributed by atoms with van der Waals surface area (Å²) in [5.74, 6) is 2.72. The molecule has 0 aliphatic carbocycles. The van der Waals surface area contributed by atoms with Gasteiger partial charge in [-0.05, 0) is 31.4 Å². The van der Waals surface area contributed by atoms with Gasteiger partial charge in [0.25, 0.3) is 0 Å². The predicted molar refractivity (Wildman–Crippen MR) is 116 cm³/mol. The van der Waals surface area contributed by atoms with Crippen LogP contribution in [0.15, 0.2) is 29.5 Å². The van der Waals surface area contributed by atoms with Gasteiger partial charge in [0, 0.05) is 46.3 Å². The van der Waals surface area contributed by atoms with Crippen molar-refractivity contribution in [3.05, 3.63) is 41.5 Å². The molecule has 1 aromatic heterocycles. The summed E-state index contributed by atoms with van der Waals surface area (Å²) in [6, 6.07) is 6.25. The van der Waals surface area contributed by atoms with Crippen LogP contribution in [0.5, 0.6) is 5.75 Å². The van der Waals surface area contributed by atoms with E-state index in [1.165, 1.54) is 11.1 Å². The van der Waals surface area contributed by atoms with Crippen molar-refractivity contribution in [2.24, 2.45) is 4.99 Å². The number of aryl methyl sites for hydroxylation is 2. The fourth-order valence-corrected chi connectivity index (χ4v) is 3.03. The molecule has 2 rings (SSSR count). The van der Waals surface area contributed by atoms with Crippen molar-refractivity contribution in [2.45, 2.75) is 39.7 Å². The largest absolute Gasteiger partial charge is 0.496 e. The summed E-state index contributed by atoms with van der Waals surface area (Å²) in [6.07, 6.45) is 4.39. The molecule has 0 aliphatic heterocycles. The molecule has 2 aromatic rings. The normalized spacial score (nSPS) is 11.5. The van der Waals surface area contributed by atoms with Gasteiger partial charge in [-0.2, -0.15) is 0 Å². The highest BCUT2D eigenvalue weighted by atomic mass is 16.5. The summed E-state index contributed by atoms with van der Waals surface area (Å²) in [4.78, 5) is 4.66. The molecule has 0 aliphatic rings. The van der Waals surface area contributed by atoms with Gasteiger partial charge < -0.3 is 24.7 Å². The fraction of sp³-hybridized carbons (Fsp3) is 0.571. The van der Waals surface area contributed by atoms with E-state index in [9.17, 15) is 0 Å². The molecule has 0 radical (unpaired) electrons. The second kappa shape index (κ2) is 12.8. The molecule has 0 bridgehead atoms. The lowest BCUT2D eigenvalue weighted by Crippen LogP contribution is -2.40. The number of hydrogen-bond acceptors (Lipinski definition) is 5. The molecule has 0 unspecified atom stereocenters. The first-order valence-corrected chi connectivity index (χ1v) is 10.2. The van der Waals surface area contributed by atoms with E-state index in [-0.39, 0.29) is 0 Å². The highest BCUT2D eigenvalue weighted by Gasteiger charge is 2.05. The van der Waals surface area contributed by atoms with Gasteiger partial charge in [-0.1, -0.05) is 24.6 Å². The maximum absolute atomic E-state index is 5.48. The van der Waals surface area contributed by atoms with Gasteiger partial charge in [-0.3, -0.25) is 4.99 Å². The molecule has 0 fully saturated rings. The van der Waals surface area contributed by atoms with Gasteiger partial charge in [0.15, 0.2) is 5.96 Å². The number of ether oxygens (including phenoxy) is 2. The molecule has 1 aromatic carbocycles. The SMILES string of the molecule is CCc1nncn1CCNC(=NCCCOC)NCCc1cc(C)ccc1OC. The number of hydrogen-bond donors (Lipinski definition) is 2. The lowest BCUT2D eigenvalue weighted by molar-refractivity contribution is 0.197. The van der Waals surface area contributed by atoms with Crippen LogP contribution in [-0.4, -0.2) is 61.2 Å². The molecule has 0 saturated heterocycles. The highest BCUT2D eigenvalue weighted by molar-refractivity contribution is 5.79. The quantitative estimate of drug-likeness (QED) is 0.321. The Hall–Kier alpha value is -2.61. The number of methoxy groups -OCH3 is 2. The van der Waals surface area contributed by atoms with E-state index in [1.807, 2.05) is 6.07 Å². The van der Waals surface area contributed by atoms with Gasteiger partial charge in [0.1, 0.15) is 17.9 Å². The van der Waals surface area contributed by atoms with E-state index in [0.717, 1.165) is 56.4 Å². The Morgan fingerprint density at radius 1 is 1.21 bits per heavy atom. The number of benzene rings is 1. The summed E-state index contributed by atoms with van der Waals surface area (Å²) < 4.78 is 12.7. The number of rotatable bonds is 12. The van der Waals surface area contributed by atoms with Crippen LogP contribution in [0.4, 0.5) is 0 Å². The van der Waals surface area contributed by atoms with Crippen molar-refractivity contribution in [1.82, 2.24) is 25.4 Å². The zero-order valence-electron chi connectivity index (χ0n) is 18.1. The highest BCUT2D eigenvalue weighted by Crippen LogP contribution is 2.19. The van der Waals surface area contributed by atoms with Gasteiger partial charge >= 0.3 is 0 Å². The first kappa shape index (κ1) is 22.7. The molecule has 160 valence electrons. The monoisotopic (exact) mass is 402 g/mol. The second-order valence-corrected chi connectivity index (χ2v) is 6.79. The number of aliphatic imine (C=N–C) groups is 1. The summed E-state index contributed by atoms with van der Waals surface area (Å²) in [7, 11) is 3.42. The molecule has 1 heterocycles. The summed E-state index contributed by atoms with van der Waals surface area (Å²) in [5.41, 5.74) is 2.42. The Morgan fingerprint density at radius 2 is 2.03 bits per heavy atom. The van der Waals surface area contributed by atoms with E-state index in [1.54, 1.807) is 20.5 Å². The Bertz CT molecular complexity index is 759. The number of nitrogens with zero attached hydrogens (tertiary/aromatic N) is 4. The molecule has 0 spiro atoms. The topological polar surface area (TPSA) is 85.6 Å². The second-order valence-electron chi connectivity index (χ2n) is 6.79. The molecule has 8 nitrogen and oxygen atoms in total. The molecule has 0 amide bonds. The van der Waals surface area contributed by atoms with Gasteiger partial charge in [-0.25, -0.2) is 0 Å².